The average Bonchev–Trinajstić information content (AvgIpc) is 3.06. The Bertz CT molecular complexity index is 602. The van der Waals surface area contributed by atoms with Gasteiger partial charge in [0.1, 0.15) is 11.5 Å². The van der Waals surface area contributed by atoms with E-state index in [2.05, 4.69) is 5.32 Å². The van der Waals surface area contributed by atoms with E-state index in [9.17, 15) is 9.59 Å². The average molecular weight is 301 g/mol. The van der Waals surface area contributed by atoms with Gasteiger partial charge >= 0.3 is 0 Å². The highest BCUT2D eigenvalue weighted by molar-refractivity contribution is 5.96. The number of ether oxygens (including phenoxy) is 1. The molecule has 0 aliphatic rings. The minimum absolute atomic E-state index is 0.0292. The summed E-state index contributed by atoms with van der Waals surface area (Å²) in [6.07, 6.45) is 2.76. The van der Waals surface area contributed by atoms with Gasteiger partial charge in [0.25, 0.3) is 0 Å². The van der Waals surface area contributed by atoms with E-state index in [0.717, 1.165) is 0 Å². The van der Waals surface area contributed by atoms with Crippen molar-refractivity contribution >= 4 is 11.7 Å². The maximum atomic E-state index is 12.0. The fraction of sp³-hybridized carbons (Fsp3) is 0.294. The van der Waals surface area contributed by atoms with Crippen LogP contribution >= 0.6 is 0 Å². The third-order valence-electron chi connectivity index (χ3n) is 3.26. The van der Waals surface area contributed by atoms with Gasteiger partial charge in [0.15, 0.2) is 5.78 Å². The van der Waals surface area contributed by atoms with Gasteiger partial charge in [-0.25, -0.2) is 0 Å². The minimum atomic E-state index is -0.0843. The standard InChI is InChI=1S/C17H19NO4/c1-21-14-9-7-13(8-10-14)16(19)5-2-6-17(20)18-12-15-4-3-11-22-15/h3-4,7-11H,2,5-6,12H2,1H3,(H,18,20). The Hall–Kier alpha value is -2.56. The van der Waals surface area contributed by atoms with Gasteiger partial charge in [-0.2, -0.15) is 0 Å². The van der Waals surface area contributed by atoms with Crippen molar-refractivity contribution in [3.05, 3.63) is 54.0 Å². The fourth-order valence-electron chi connectivity index (χ4n) is 2.02. The van der Waals surface area contributed by atoms with E-state index < -0.39 is 0 Å². The summed E-state index contributed by atoms with van der Waals surface area (Å²) in [4.78, 5) is 23.6. The summed E-state index contributed by atoms with van der Waals surface area (Å²) in [6.45, 7) is 0.373. The van der Waals surface area contributed by atoms with Gasteiger partial charge < -0.3 is 14.5 Å². The summed E-state index contributed by atoms with van der Waals surface area (Å²) in [5, 5.41) is 2.75. The maximum absolute atomic E-state index is 12.0. The van der Waals surface area contributed by atoms with Crippen LogP contribution < -0.4 is 10.1 Å². The molecule has 2 rings (SSSR count). The number of hydrogen-bond acceptors (Lipinski definition) is 4. The quantitative estimate of drug-likeness (QED) is 0.761. The number of Topliss-reactive ketones (excluding diaryl/α,β-unsaturated/α-hetero) is 1. The van der Waals surface area contributed by atoms with Crippen LogP contribution in [-0.4, -0.2) is 18.8 Å². The number of ketones is 1. The number of furan rings is 1. The number of methoxy groups -OCH3 is 1. The first-order valence-electron chi connectivity index (χ1n) is 7.15. The van der Waals surface area contributed by atoms with E-state index in [-0.39, 0.29) is 11.7 Å². The zero-order valence-corrected chi connectivity index (χ0v) is 12.5. The molecule has 5 nitrogen and oxygen atoms in total. The van der Waals surface area contributed by atoms with Crippen LogP contribution in [0.4, 0.5) is 0 Å². The molecule has 0 aliphatic carbocycles. The molecule has 116 valence electrons. The number of nitrogens with one attached hydrogen (secondary N) is 1. The van der Waals surface area contributed by atoms with E-state index in [1.807, 2.05) is 0 Å². The second kappa shape index (κ2) is 8.02. The molecule has 0 unspecified atom stereocenters. The van der Waals surface area contributed by atoms with Crippen molar-refractivity contribution in [2.24, 2.45) is 0 Å². The SMILES string of the molecule is COc1ccc(C(=O)CCCC(=O)NCc2ccco2)cc1. The van der Waals surface area contributed by atoms with Crippen molar-refractivity contribution in [2.75, 3.05) is 7.11 Å². The van der Waals surface area contributed by atoms with Crippen molar-refractivity contribution in [1.29, 1.82) is 0 Å². The smallest absolute Gasteiger partial charge is 0.220 e. The number of amides is 1. The van der Waals surface area contributed by atoms with Crippen LogP contribution in [-0.2, 0) is 11.3 Å². The first kappa shape index (κ1) is 15.8. The Labute approximate surface area is 129 Å². The number of rotatable bonds is 8. The summed E-state index contributed by atoms with van der Waals surface area (Å²) >= 11 is 0. The fourth-order valence-corrected chi connectivity index (χ4v) is 2.02. The normalized spacial score (nSPS) is 10.2. The lowest BCUT2D eigenvalue weighted by Crippen LogP contribution is -2.22. The zero-order chi connectivity index (χ0) is 15.8. The van der Waals surface area contributed by atoms with Crippen molar-refractivity contribution in [3.63, 3.8) is 0 Å². The van der Waals surface area contributed by atoms with E-state index >= 15 is 0 Å². The maximum Gasteiger partial charge on any atom is 0.220 e. The summed E-state index contributed by atoms with van der Waals surface area (Å²) in [6, 6.07) is 10.5. The molecular formula is C17H19NO4. The van der Waals surface area contributed by atoms with E-state index in [1.54, 1.807) is 49.8 Å². The molecule has 0 bridgehead atoms. The highest BCUT2D eigenvalue weighted by Crippen LogP contribution is 2.13. The van der Waals surface area contributed by atoms with Crippen LogP contribution in [0.15, 0.2) is 47.1 Å². The topological polar surface area (TPSA) is 68.5 Å². The Balaban J connectivity index is 1.68. The molecule has 0 spiro atoms. The van der Waals surface area contributed by atoms with Crippen molar-refractivity contribution in [3.8, 4) is 5.75 Å². The predicted octanol–water partition coefficient (Wildman–Crippen LogP) is 2.96. The highest BCUT2D eigenvalue weighted by Gasteiger charge is 2.08. The van der Waals surface area contributed by atoms with Crippen molar-refractivity contribution in [1.82, 2.24) is 5.32 Å². The largest absolute Gasteiger partial charge is 0.497 e. The second-order valence-electron chi connectivity index (χ2n) is 4.86. The Morgan fingerprint density at radius 2 is 1.91 bits per heavy atom. The molecule has 2 aromatic rings. The van der Waals surface area contributed by atoms with Gasteiger partial charge in [-0.05, 0) is 42.8 Å². The molecule has 5 heteroatoms. The summed E-state index contributed by atoms with van der Waals surface area (Å²) in [5.41, 5.74) is 0.636. The predicted molar refractivity (Wildman–Crippen MR) is 81.7 cm³/mol. The molecule has 1 amide bonds. The molecule has 0 fully saturated rings. The van der Waals surface area contributed by atoms with Gasteiger partial charge in [0.05, 0.1) is 19.9 Å². The Morgan fingerprint density at radius 3 is 2.55 bits per heavy atom. The van der Waals surface area contributed by atoms with E-state index in [0.29, 0.717) is 42.9 Å². The van der Waals surface area contributed by atoms with Gasteiger partial charge in [0, 0.05) is 18.4 Å². The van der Waals surface area contributed by atoms with Crippen LogP contribution in [0.1, 0.15) is 35.4 Å². The third kappa shape index (κ3) is 4.77. The molecule has 1 aromatic heterocycles. The summed E-state index contributed by atoms with van der Waals surface area (Å²) < 4.78 is 10.2. The Kier molecular flexibility index (Phi) is 5.77. The first-order valence-corrected chi connectivity index (χ1v) is 7.15. The zero-order valence-electron chi connectivity index (χ0n) is 12.5. The molecule has 1 N–H and O–H groups in total. The third-order valence-corrected chi connectivity index (χ3v) is 3.26. The van der Waals surface area contributed by atoms with E-state index in [4.69, 9.17) is 9.15 Å². The van der Waals surface area contributed by atoms with Gasteiger partial charge in [0.2, 0.25) is 5.91 Å². The number of carbonyl (C=O) groups is 2. The molecule has 0 radical (unpaired) electrons. The van der Waals surface area contributed by atoms with Gasteiger partial charge in [-0.3, -0.25) is 9.59 Å². The number of benzene rings is 1. The van der Waals surface area contributed by atoms with Gasteiger partial charge in [-0.1, -0.05) is 0 Å². The van der Waals surface area contributed by atoms with Gasteiger partial charge in [-0.15, -0.1) is 0 Å². The molecule has 1 heterocycles. The van der Waals surface area contributed by atoms with E-state index in [1.165, 1.54) is 0 Å². The lowest BCUT2D eigenvalue weighted by atomic mass is 10.1. The lowest BCUT2D eigenvalue weighted by Gasteiger charge is -2.04. The number of carbonyl (C=O) groups excluding carboxylic acids is 2. The second-order valence-corrected chi connectivity index (χ2v) is 4.86. The lowest BCUT2D eigenvalue weighted by molar-refractivity contribution is -0.121. The van der Waals surface area contributed by atoms with Crippen molar-refractivity contribution < 1.29 is 18.7 Å². The first-order chi connectivity index (χ1) is 10.7. The molecule has 0 saturated carbocycles. The minimum Gasteiger partial charge on any atom is -0.497 e. The van der Waals surface area contributed by atoms with Crippen LogP contribution in [0.3, 0.4) is 0 Å². The molecule has 22 heavy (non-hydrogen) atoms. The Morgan fingerprint density at radius 1 is 1.14 bits per heavy atom. The molecule has 0 atom stereocenters. The van der Waals surface area contributed by atoms with Crippen LogP contribution in [0, 0.1) is 0 Å². The molecule has 0 saturated heterocycles. The summed E-state index contributed by atoms with van der Waals surface area (Å²) in [5.74, 6) is 1.37. The number of hydrogen-bond donors (Lipinski definition) is 1. The van der Waals surface area contributed by atoms with Crippen LogP contribution in [0.2, 0.25) is 0 Å². The summed E-state index contributed by atoms with van der Waals surface area (Å²) in [7, 11) is 1.58. The highest BCUT2D eigenvalue weighted by atomic mass is 16.5. The molecular weight excluding hydrogens is 282 g/mol. The monoisotopic (exact) mass is 301 g/mol. The van der Waals surface area contributed by atoms with Crippen LogP contribution in [0.5, 0.6) is 5.75 Å². The van der Waals surface area contributed by atoms with Crippen LogP contribution in [0.25, 0.3) is 0 Å². The molecule has 0 aliphatic heterocycles. The molecule has 1 aromatic carbocycles. The van der Waals surface area contributed by atoms with Crippen molar-refractivity contribution in [2.45, 2.75) is 25.8 Å².